The molecule has 1 atom stereocenters. The Labute approximate surface area is 170 Å². The van der Waals surface area contributed by atoms with Gasteiger partial charge in [-0.2, -0.15) is 4.37 Å². The molecule has 0 aliphatic carbocycles. The Morgan fingerprint density at radius 2 is 1.78 bits per heavy atom. The van der Waals surface area contributed by atoms with Gasteiger partial charge < -0.3 is 5.32 Å². The molecule has 0 saturated heterocycles. The molecule has 138 valence electrons. The quantitative estimate of drug-likeness (QED) is 0.435. The molecule has 0 spiro atoms. The van der Waals surface area contributed by atoms with Crippen molar-refractivity contribution in [3.63, 3.8) is 0 Å². The Morgan fingerprint density at radius 3 is 2.37 bits per heavy atom. The van der Waals surface area contributed by atoms with Crippen LogP contribution in [0.2, 0.25) is 0 Å². The van der Waals surface area contributed by atoms with Crippen molar-refractivity contribution in [1.82, 2.24) is 9.36 Å². The van der Waals surface area contributed by atoms with Crippen LogP contribution in [-0.2, 0) is 4.79 Å². The van der Waals surface area contributed by atoms with Gasteiger partial charge in [-0.05, 0) is 54.5 Å². The summed E-state index contributed by atoms with van der Waals surface area (Å²) in [6.45, 7) is 1.51. The predicted octanol–water partition coefficient (Wildman–Crippen LogP) is 4.93. The molecule has 0 aliphatic heterocycles. The number of hydrogen-bond acceptors (Lipinski definition) is 7. The van der Waals surface area contributed by atoms with Gasteiger partial charge in [0.15, 0.2) is 10.1 Å². The summed E-state index contributed by atoms with van der Waals surface area (Å²) < 4.78 is 5.01. The van der Waals surface area contributed by atoms with Gasteiger partial charge in [-0.25, -0.2) is 4.98 Å². The van der Waals surface area contributed by atoms with Crippen LogP contribution in [0.25, 0.3) is 0 Å². The lowest BCUT2D eigenvalue weighted by atomic mass is 10.1. The normalized spacial score (nSPS) is 11.8. The van der Waals surface area contributed by atoms with Crippen molar-refractivity contribution in [3.8, 4) is 0 Å². The number of carbonyl (C=O) groups excluding carboxylic acids is 2. The molecular weight excluding hydrogens is 398 g/mol. The molecule has 0 saturated carbocycles. The third kappa shape index (κ3) is 5.18. The minimum absolute atomic E-state index is 0.00791. The van der Waals surface area contributed by atoms with Crippen LogP contribution in [0, 0.1) is 0 Å². The minimum atomic E-state index is -0.457. The molecule has 0 aliphatic rings. The van der Waals surface area contributed by atoms with Crippen LogP contribution < -0.4 is 5.32 Å². The van der Waals surface area contributed by atoms with Crippen molar-refractivity contribution in [2.75, 3.05) is 11.6 Å². The van der Waals surface area contributed by atoms with Crippen molar-refractivity contribution >= 4 is 52.4 Å². The van der Waals surface area contributed by atoms with E-state index in [0.29, 0.717) is 16.4 Å². The smallest absolute Gasteiger partial charge is 0.242 e. The highest BCUT2D eigenvalue weighted by Crippen LogP contribution is 2.37. The summed E-state index contributed by atoms with van der Waals surface area (Å²) in [7, 11) is 0. The molecule has 2 aromatic carbocycles. The highest BCUT2D eigenvalue weighted by molar-refractivity contribution is 8.02. The summed E-state index contributed by atoms with van der Waals surface area (Å²) in [6.07, 6.45) is 1.92. The van der Waals surface area contributed by atoms with E-state index in [1.165, 1.54) is 42.0 Å². The summed E-state index contributed by atoms with van der Waals surface area (Å²) in [6, 6.07) is 16.5. The average Bonchev–Trinajstić information content (AvgIpc) is 3.15. The van der Waals surface area contributed by atoms with Crippen molar-refractivity contribution in [2.24, 2.45) is 0 Å². The molecule has 0 bridgehead atoms. The van der Waals surface area contributed by atoms with E-state index >= 15 is 0 Å². The van der Waals surface area contributed by atoms with Crippen molar-refractivity contribution < 1.29 is 9.59 Å². The molecule has 1 N–H and O–H groups in total. The van der Waals surface area contributed by atoms with E-state index in [1.807, 2.05) is 36.6 Å². The van der Waals surface area contributed by atoms with Crippen molar-refractivity contribution in [2.45, 2.75) is 21.7 Å². The first-order valence-electron chi connectivity index (χ1n) is 8.08. The number of thioether (sulfide) groups is 2. The molecule has 0 unspecified atom stereocenters. The summed E-state index contributed by atoms with van der Waals surface area (Å²) in [4.78, 5) is 28.8. The Kier molecular flexibility index (Phi) is 6.65. The highest BCUT2D eigenvalue weighted by Gasteiger charge is 2.24. The molecule has 3 aromatic rings. The molecular formula is C19H17N3O2S3. The van der Waals surface area contributed by atoms with Crippen LogP contribution in [0.15, 0.2) is 64.1 Å². The number of amides is 1. The molecule has 1 amide bonds. The largest absolute Gasteiger partial charge is 0.325 e. The van der Waals surface area contributed by atoms with Crippen LogP contribution in [0.3, 0.4) is 0 Å². The molecule has 1 aromatic heterocycles. The number of anilines is 1. The number of rotatable bonds is 7. The maximum Gasteiger partial charge on any atom is 0.242 e. The van der Waals surface area contributed by atoms with Crippen LogP contribution in [0.1, 0.15) is 28.1 Å². The highest BCUT2D eigenvalue weighted by atomic mass is 32.2. The second-order valence-corrected chi connectivity index (χ2v) is 8.46. The van der Waals surface area contributed by atoms with E-state index in [-0.39, 0.29) is 11.7 Å². The van der Waals surface area contributed by atoms with Gasteiger partial charge in [-0.3, -0.25) is 9.59 Å². The molecule has 5 nitrogen and oxygen atoms in total. The number of Topliss-reactive ketones (excluding diaryl/α,β-unsaturated/α-hetero) is 1. The Hall–Kier alpha value is -2.16. The molecule has 1 heterocycles. The first kappa shape index (κ1) is 19.6. The second-order valence-electron chi connectivity index (χ2n) is 5.58. The van der Waals surface area contributed by atoms with Gasteiger partial charge in [-0.1, -0.05) is 53.9 Å². The van der Waals surface area contributed by atoms with Gasteiger partial charge in [0.05, 0.1) is 0 Å². The zero-order chi connectivity index (χ0) is 19.2. The maximum atomic E-state index is 13.0. The van der Waals surface area contributed by atoms with Gasteiger partial charge in [0, 0.05) is 11.3 Å². The van der Waals surface area contributed by atoms with Crippen LogP contribution in [0.4, 0.5) is 5.69 Å². The fraction of sp³-hybridized carbons (Fsp3) is 0.158. The third-order valence-corrected chi connectivity index (χ3v) is 6.39. The summed E-state index contributed by atoms with van der Waals surface area (Å²) in [5.41, 5.74) is 2.15. The molecule has 3 rings (SSSR count). The first-order chi connectivity index (χ1) is 13.1. The van der Waals surface area contributed by atoms with Crippen LogP contribution in [-0.4, -0.2) is 27.3 Å². The van der Waals surface area contributed by atoms with Gasteiger partial charge in [0.2, 0.25) is 11.1 Å². The monoisotopic (exact) mass is 415 g/mol. The maximum absolute atomic E-state index is 13.0. The van der Waals surface area contributed by atoms with Gasteiger partial charge in [0.25, 0.3) is 0 Å². The van der Waals surface area contributed by atoms with E-state index in [1.54, 1.807) is 24.3 Å². The van der Waals surface area contributed by atoms with Crippen molar-refractivity contribution in [3.05, 3.63) is 65.7 Å². The van der Waals surface area contributed by atoms with E-state index in [0.717, 1.165) is 9.90 Å². The Bertz CT molecular complexity index is 927. The number of nitrogens with one attached hydrogen (secondary N) is 1. The van der Waals surface area contributed by atoms with Gasteiger partial charge in [-0.15, -0.1) is 0 Å². The van der Waals surface area contributed by atoms with E-state index in [2.05, 4.69) is 14.7 Å². The fourth-order valence-electron chi connectivity index (χ4n) is 2.33. The number of carbonyl (C=O) groups is 2. The number of nitrogens with zero attached hydrogens (tertiary/aromatic N) is 2. The zero-order valence-corrected chi connectivity index (χ0v) is 17.2. The lowest BCUT2D eigenvalue weighted by molar-refractivity contribution is -0.115. The molecule has 8 heteroatoms. The third-order valence-electron chi connectivity index (χ3n) is 3.69. The van der Waals surface area contributed by atoms with Gasteiger partial charge >= 0.3 is 0 Å². The van der Waals surface area contributed by atoms with Crippen molar-refractivity contribution in [1.29, 1.82) is 0 Å². The lowest BCUT2D eigenvalue weighted by Crippen LogP contribution is -2.19. The topological polar surface area (TPSA) is 72.0 Å². The molecule has 0 fully saturated rings. The molecule has 0 radical (unpaired) electrons. The average molecular weight is 416 g/mol. The zero-order valence-electron chi connectivity index (χ0n) is 14.7. The standard InChI is InChI=1S/C19H17N3O2S3/c1-12(23)13-8-10-15(11-9-13)20-17(24)16(14-6-4-3-5-7-14)26-19-21-18(25-2)22-27-19/h3-11,16H,1-2H3,(H,20,24)/t16-/m1/s1. The SMILES string of the molecule is CSc1nsc(S[C@@H](C(=O)Nc2ccc(C(C)=O)cc2)c2ccccc2)n1. The summed E-state index contributed by atoms with van der Waals surface area (Å²) >= 11 is 4.14. The predicted molar refractivity (Wildman–Crippen MR) is 112 cm³/mol. The minimum Gasteiger partial charge on any atom is -0.325 e. The fourth-order valence-corrected chi connectivity index (χ4v) is 4.73. The van der Waals surface area contributed by atoms with E-state index < -0.39 is 5.25 Å². The number of aromatic nitrogens is 2. The first-order valence-corrected chi connectivity index (χ1v) is 11.0. The second kappa shape index (κ2) is 9.16. The lowest BCUT2D eigenvalue weighted by Gasteiger charge is -2.15. The number of ketones is 1. The van der Waals surface area contributed by atoms with Gasteiger partial charge in [0.1, 0.15) is 5.25 Å². The van der Waals surface area contributed by atoms with E-state index in [4.69, 9.17) is 0 Å². The Morgan fingerprint density at radius 1 is 1.07 bits per heavy atom. The van der Waals surface area contributed by atoms with Crippen LogP contribution >= 0.6 is 35.1 Å². The number of hydrogen-bond donors (Lipinski definition) is 1. The van der Waals surface area contributed by atoms with E-state index in [9.17, 15) is 9.59 Å². The number of benzene rings is 2. The summed E-state index contributed by atoms with van der Waals surface area (Å²) in [5, 5.41) is 3.17. The summed E-state index contributed by atoms with van der Waals surface area (Å²) in [5.74, 6) is -0.158. The molecule has 27 heavy (non-hydrogen) atoms. The van der Waals surface area contributed by atoms with Crippen LogP contribution in [0.5, 0.6) is 0 Å². The Balaban J connectivity index is 1.81.